The summed E-state index contributed by atoms with van der Waals surface area (Å²) in [4.78, 5) is 37.7. The van der Waals surface area contributed by atoms with Crippen LogP contribution in [0.15, 0.2) is 12.2 Å². The van der Waals surface area contributed by atoms with Gasteiger partial charge in [-0.3, -0.25) is 4.79 Å². The van der Waals surface area contributed by atoms with Crippen LogP contribution in [0.4, 0.5) is 5.00 Å². The van der Waals surface area contributed by atoms with Crippen molar-refractivity contribution in [3.05, 3.63) is 28.2 Å². The lowest BCUT2D eigenvalue weighted by Gasteiger charge is -2.27. The van der Waals surface area contributed by atoms with Crippen molar-refractivity contribution in [1.82, 2.24) is 0 Å². The molecule has 1 aromatic rings. The van der Waals surface area contributed by atoms with E-state index in [9.17, 15) is 19.5 Å². The Bertz CT molecular complexity index is 781. The molecule has 140 valence electrons. The summed E-state index contributed by atoms with van der Waals surface area (Å²) in [5.74, 6) is -3.76. The molecular formula is C19H22NO5S-. The molecule has 0 saturated heterocycles. The molecule has 0 aliphatic heterocycles. The van der Waals surface area contributed by atoms with Crippen LogP contribution in [0.2, 0.25) is 0 Å². The van der Waals surface area contributed by atoms with Crippen molar-refractivity contribution >= 4 is 34.2 Å². The van der Waals surface area contributed by atoms with Gasteiger partial charge in [0.15, 0.2) is 0 Å². The zero-order valence-electron chi connectivity index (χ0n) is 15.0. The average Bonchev–Trinajstić information content (AvgIpc) is 3.26. The molecule has 2 bridgehead atoms. The molecule has 2 aliphatic carbocycles. The number of allylic oxidation sites excluding steroid dienone is 2. The number of amides is 1. The number of nitrogens with one attached hydrogen (secondary N) is 1. The Morgan fingerprint density at radius 2 is 1.88 bits per heavy atom. The van der Waals surface area contributed by atoms with Crippen molar-refractivity contribution in [3.63, 3.8) is 0 Å². The molecule has 1 heterocycles. The topological polar surface area (TPSA) is 95.5 Å². The summed E-state index contributed by atoms with van der Waals surface area (Å²) in [6, 6.07) is 0. The monoisotopic (exact) mass is 376 g/mol. The number of aryl methyl sites for hydroxylation is 1. The fourth-order valence-corrected chi connectivity index (χ4v) is 5.34. The van der Waals surface area contributed by atoms with Gasteiger partial charge in [-0.05, 0) is 44.1 Å². The number of hydrogen-bond acceptors (Lipinski definition) is 6. The van der Waals surface area contributed by atoms with Crippen LogP contribution < -0.4 is 10.4 Å². The standard InChI is InChI=1S/C19H23NO5S/c1-4-12-9(3)26-17(15(12)19(24)25-5-2)20-16(21)13-10-6-7-11(8-10)14(13)18(22)23/h6-7,10-11,13-14H,4-5,8H2,1-3H3,(H,20,21)(H,22,23)/p-1/t10-,11+,13+,14+/m1/s1. The lowest BCUT2D eigenvalue weighted by Crippen LogP contribution is -2.42. The summed E-state index contributed by atoms with van der Waals surface area (Å²) in [7, 11) is 0. The van der Waals surface area contributed by atoms with E-state index in [1.54, 1.807) is 6.92 Å². The Kier molecular flexibility index (Phi) is 5.18. The number of esters is 1. The van der Waals surface area contributed by atoms with Gasteiger partial charge in [-0.25, -0.2) is 4.79 Å². The van der Waals surface area contributed by atoms with Gasteiger partial charge in [0.1, 0.15) is 5.00 Å². The smallest absolute Gasteiger partial charge is 0.341 e. The number of ether oxygens (including phenoxy) is 1. The molecule has 0 spiro atoms. The summed E-state index contributed by atoms with van der Waals surface area (Å²) in [5, 5.41) is 14.8. The highest BCUT2D eigenvalue weighted by Crippen LogP contribution is 2.48. The number of thiophene rings is 1. The number of fused-ring (bicyclic) bond motifs is 2. The third-order valence-electron chi connectivity index (χ3n) is 5.31. The van der Waals surface area contributed by atoms with Gasteiger partial charge < -0.3 is 20.0 Å². The Balaban J connectivity index is 1.89. The Labute approximate surface area is 156 Å². The first-order valence-corrected chi connectivity index (χ1v) is 9.70. The summed E-state index contributed by atoms with van der Waals surface area (Å²) >= 11 is 1.32. The van der Waals surface area contributed by atoms with Gasteiger partial charge in [0.25, 0.3) is 0 Å². The Hall–Kier alpha value is -2.15. The molecule has 1 N–H and O–H groups in total. The number of anilines is 1. The minimum absolute atomic E-state index is 0.0966. The van der Waals surface area contributed by atoms with E-state index >= 15 is 0 Å². The minimum atomic E-state index is -1.19. The quantitative estimate of drug-likeness (QED) is 0.604. The van der Waals surface area contributed by atoms with Crippen molar-refractivity contribution in [1.29, 1.82) is 0 Å². The predicted octanol–water partition coefficient (Wildman–Crippen LogP) is 1.92. The average molecular weight is 376 g/mol. The highest BCUT2D eigenvalue weighted by atomic mass is 32.1. The molecule has 0 radical (unpaired) electrons. The summed E-state index contributed by atoms with van der Waals surface area (Å²) in [6.07, 6.45) is 5.08. The normalized spacial score (nSPS) is 26.1. The molecular weight excluding hydrogens is 354 g/mol. The van der Waals surface area contributed by atoms with Crippen molar-refractivity contribution in [2.24, 2.45) is 23.7 Å². The Morgan fingerprint density at radius 1 is 1.23 bits per heavy atom. The van der Waals surface area contributed by atoms with Crippen LogP contribution in [-0.4, -0.2) is 24.5 Å². The number of carbonyl (C=O) groups excluding carboxylic acids is 3. The number of carboxylic acids is 1. The SMILES string of the molecule is CCOC(=O)c1c(NC(=O)[C@@H]2[C@@H](C(=O)[O-])[C@H]3C=C[C@@H]2C3)sc(C)c1CC. The van der Waals surface area contributed by atoms with Crippen LogP contribution >= 0.6 is 11.3 Å². The zero-order valence-corrected chi connectivity index (χ0v) is 15.9. The number of carbonyl (C=O) groups is 3. The minimum Gasteiger partial charge on any atom is -0.550 e. The maximum Gasteiger partial charge on any atom is 0.341 e. The summed E-state index contributed by atoms with van der Waals surface area (Å²) in [6.45, 7) is 5.81. The molecule has 1 aromatic heterocycles. The molecule has 1 amide bonds. The van der Waals surface area contributed by atoms with Crippen molar-refractivity contribution in [3.8, 4) is 0 Å². The van der Waals surface area contributed by atoms with Crippen LogP contribution in [0.5, 0.6) is 0 Å². The third-order valence-corrected chi connectivity index (χ3v) is 6.38. The van der Waals surface area contributed by atoms with Crippen LogP contribution in [-0.2, 0) is 20.7 Å². The highest BCUT2D eigenvalue weighted by molar-refractivity contribution is 7.16. The molecule has 1 fully saturated rings. The van der Waals surface area contributed by atoms with Gasteiger partial charge in [-0.15, -0.1) is 11.3 Å². The van der Waals surface area contributed by atoms with E-state index in [1.165, 1.54) is 11.3 Å². The van der Waals surface area contributed by atoms with E-state index in [4.69, 9.17) is 4.74 Å². The fourth-order valence-electron chi connectivity index (χ4n) is 4.21. The second kappa shape index (κ2) is 7.23. The maximum absolute atomic E-state index is 12.9. The number of rotatable bonds is 6. The van der Waals surface area contributed by atoms with E-state index in [0.29, 0.717) is 23.4 Å². The lowest BCUT2D eigenvalue weighted by atomic mass is 9.82. The first kappa shape index (κ1) is 18.6. The van der Waals surface area contributed by atoms with E-state index in [2.05, 4.69) is 5.32 Å². The third kappa shape index (κ3) is 3.05. The summed E-state index contributed by atoms with van der Waals surface area (Å²) < 4.78 is 5.14. The largest absolute Gasteiger partial charge is 0.550 e. The first-order chi connectivity index (χ1) is 12.4. The van der Waals surface area contributed by atoms with Crippen LogP contribution in [0.25, 0.3) is 0 Å². The van der Waals surface area contributed by atoms with Gasteiger partial charge in [-0.1, -0.05) is 19.1 Å². The second-order valence-corrected chi connectivity index (χ2v) is 7.95. The number of hydrogen-bond donors (Lipinski definition) is 1. The van der Waals surface area contributed by atoms with Gasteiger partial charge in [0.05, 0.1) is 18.1 Å². The molecule has 3 rings (SSSR count). The first-order valence-electron chi connectivity index (χ1n) is 8.88. The van der Waals surface area contributed by atoms with Crippen LogP contribution in [0, 0.1) is 30.6 Å². The van der Waals surface area contributed by atoms with Gasteiger partial charge in [0, 0.05) is 16.8 Å². The molecule has 26 heavy (non-hydrogen) atoms. The van der Waals surface area contributed by atoms with Crippen molar-refractivity contribution in [2.45, 2.75) is 33.6 Å². The van der Waals surface area contributed by atoms with E-state index in [-0.39, 0.29) is 24.3 Å². The van der Waals surface area contributed by atoms with Crippen molar-refractivity contribution < 1.29 is 24.2 Å². The van der Waals surface area contributed by atoms with Crippen LogP contribution in [0.3, 0.4) is 0 Å². The molecule has 6 nitrogen and oxygen atoms in total. The fraction of sp³-hybridized carbons (Fsp3) is 0.526. The van der Waals surface area contributed by atoms with E-state index in [0.717, 1.165) is 10.4 Å². The predicted molar refractivity (Wildman–Crippen MR) is 95.7 cm³/mol. The van der Waals surface area contributed by atoms with Gasteiger partial charge in [-0.2, -0.15) is 0 Å². The molecule has 2 aliphatic rings. The zero-order chi connectivity index (χ0) is 19.0. The number of carboxylic acid groups (broad SMARTS) is 1. The van der Waals surface area contributed by atoms with Crippen molar-refractivity contribution in [2.75, 3.05) is 11.9 Å². The maximum atomic E-state index is 12.9. The second-order valence-electron chi connectivity index (χ2n) is 6.72. The van der Waals surface area contributed by atoms with E-state index < -0.39 is 23.8 Å². The molecule has 4 atom stereocenters. The Morgan fingerprint density at radius 3 is 2.46 bits per heavy atom. The number of aliphatic carboxylic acids is 1. The highest BCUT2D eigenvalue weighted by Gasteiger charge is 2.49. The van der Waals surface area contributed by atoms with E-state index in [1.807, 2.05) is 26.0 Å². The van der Waals surface area contributed by atoms with Gasteiger partial charge >= 0.3 is 5.97 Å². The van der Waals surface area contributed by atoms with Gasteiger partial charge in [0.2, 0.25) is 5.91 Å². The lowest BCUT2D eigenvalue weighted by molar-refractivity contribution is -0.313. The molecule has 7 heteroatoms. The molecule has 1 saturated carbocycles. The van der Waals surface area contributed by atoms with Crippen LogP contribution in [0.1, 0.15) is 41.1 Å². The summed E-state index contributed by atoms with van der Waals surface area (Å²) in [5.41, 5.74) is 1.24. The molecule has 0 aromatic carbocycles. The molecule has 0 unspecified atom stereocenters.